The van der Waals surface area contributed by atoms with Crippen LogP contribution in [0.3, 0.4) is 0 Å². The van der Waals surface area contributed by atoms with Gasteiger partial charge in [0, 0.05) is 25.5 Å². The minimum Gasteiger partial charge on any atom is -0.357 e. The van der Waals surface area contributed by atoms with Gasteiger partial charge in [-0.1, -0.05) is 0 Å². The Balaban J connectivity index is 2.14. The molecule has 0 aliphatic carbocycles. The lowest BCUT2D eigenvalue weighted by Crippen LogP contribution is -2.37. The molecule has 1 saturated heterocycles. The van der Waals surface area contributed by atoms with E-state index in [4.69, 9.17) is 5.73 Å². The maximum Gasteiger partial charge on any atom is 0.0375 e. The molecule has 0 amide bonds. The van der Waals surface area contributed by atoms with E-state index in [0.29, 0.717) is 12.0 Å². The van der Waals surface area contributed by atoms with E-state index >= 15 is 0 Å². The average Bonchev–Trinajstić information content (AvgIpc) is 2.65. The highest BCUT2D eigenvalue weighted by molar-refractivity contribution is 5.17. The fraction of sp³-hybridized carbons (Fsp3) is 0.636. The fourth-order valence-corrected chi connectivity index (χ4v) is 2.31. The highest BCUT2D eigenvalue weighted by atomic mass is 15.0. The van der Waals surface area contributed by atoms with Crippen molar-refractivity contribution in [1.29, 1.82) is 0 Å². The van der Waals surface area contributed by atoms with E-state index in [1.54, 1.807) is 0 Å². The first-order valence-corrected chi connectivity index (χ1v) is 5.36. The molecule has 0 aromatic carbocycles. The fourth-order valence-electron chi connectivity index (χ4n) is 2.31. The number of aryl methyl sites for hydroxylation is 1. The smallest absolute Gasteiger partial charge is 0.0375 e. The first-order valence-electron chi connectivity index (χ1n) is 5.36. The Morgan fingerprint density at radius 3 is 3.14 bits per heavy atom. The topological polar surface area (TPSA) is 43.0 Å². The highest BCUT2D eigenvalue weighted by Gasteiger charge is 2.25. The SMILES string of the molecule is Cn1ccc(C2NCCCC2CN)c1. The molecule has 0 bridgehead atoms. The Kier molecular flexibility index (Phi) is 2.89. The van der Waals surface area contributed by atoms with E-state index in [-0.39, 0.29) is 0 Å². The van der Waals surface area contributed by atoms with Crippen LogP contribution in [0.15, 0.2) is 18.5 Å². The van der Waals surface area contributed by atoms with Crippen LogP contribution < -0.4 is 11.1 Å². The minimum absolute atomic E-state index is 0.468. The zero-order valence-corrected chi connectivity index (χ0v) is 8.74. The standard InChI is InChI=1S/C11H19N3/c1-14-6-4-10(8-14)11-9(7-12)3-2-5-13-11/h4,6,8-9,11,13H,2-3,5,7,12H2,1H3. The Morgan fingerprint density at radius 2 is 2.50 bits per heavy atom. The summed E-state index contributed by atoms with van der Waals surface area (Å²) in [7, 11) is 2.06. The lowest BCUT2D eigenvalue weighted by Gasteiger charge is -2.31. The number of nitrogens with zero attached hydrogens (tertiary/aromatic N) is 1. The minimum atomic E-state index is 0.468. The second-order valence-corrected chi connectivity index (χ2v) is 4.18. The summed E-state index contributed by atoms with van der Waals surface area (Å²) < 4.78 is 2.10. The summed E-state index contributed by atoms with van der Waals surface area (Å²) in [6.07, 6.45) is 6.79. The third-order valence-corrected chi connectivity index (χ3v) is 3.10. The van der Waals surface area contributed by atoms with E-state index in [2.05, 4.69) is 35.4 Å². The number of rotatable bonds is 2. The van der Waals surface area contributed by atoms with Gasteiger partial charge in [-0.2, -0.15) is 0 Å². The van der Waals surface area contributed by atoms with Crippen molar-refractivity contribution >= 4 is 0 Å². The van der Waals surface area contributed by atoms with Gasteiger partial charge in [0.2, 0.25) is 0 Å². The molecule has 3 heteroatoms. The summed E-state index contributed by atoms with van der Waals surface area (Å²) in [4.78, 5) is 0. The van der Waals surface area contributed by atoms with Crippen LogP contribution in [-0.2, 0) is 7.05 Å². The molecule has 0 spiro atoms. The van der Waals surface area contributed by atoms with Crippen molar-refractivity contribution in [3.63, 3.8) is 0 Å². The average molecular weight is 193 g/mol. The van der Waals surface area contributed by atoms with Gasteiger partial charge in [0.1, 0.15) is 0 Å². The maximum absolute atomic E-state index is 5.79. The van der Waals surface area contributed by atoms with Crippen molar-refractivity contribution in [3.05, 3.63) is 24.0 Å². The first kappa shape index (κ1) is 9.74. The van der Waals surface area contributed by atoms with Crippen LogP contribution in [0, 0.1) is 5.92 Å². The van der Waals surface area contributed by atoms with Gasteiger partial charge in [0.25, 0.3) is 0 Å². The van der Waals surface area contributed by atoms with Gasteiger partial charge in [-0.15, -0.1) is 0 Å². The Bertz CT molecular complexity index is 292. The molecule has 2 atom stereocenters. The quantitative estimate of drug-likeness (QED) is 0.736. The van der Waals surface area contributed by atoms with Crippen molar-refractivity contribution < 1.29 is 0 Å². The van der Waals surface area contributed by atoms with E-state index in [0.717, 1.165) is 13.1 Å². The summed E-state index contributed by atoms with van der Waals surface area (Å²) in [5.74, 6) is 0.603. The van der Waals surface area contributed by atoms with Gasteiger partial charge >= 0.3 is 0 Å². The van der Waals surface area contributed by atoms with Crippen LogP contribution in [-0.4, -0.2) is 17.7 Å². The molecule has 1 aromatic rings. The molecule has 14 heavy (non-hydrogen) atoms. The number of piperidine rings is 1. The zero-order valence-electron chi connectivity index (χ0n) is 8.74. The monoisotopic (exact) mass is 193 g/mol. The number of hydrogen-bond acceptors (Lipinski definition) is 2. The lowest BCUT2D eigenvalue weighted by molar-refractivity contribution is 0.291. The van der Waals surface area contributed by atoms with Crippen molar-refractivity contribution in [2.75, 3.05) is 13.1 Å². The zero-order chi connectivity index (χ0) is 9.97. The van der Waals surface area contributed by atoms with Crippen molar-refractivity contribution in [1.82, 2.24) is 9.88 Å². The maximum atomic E-state index is 5.79. The van der Waals surface area contributed by atoms with Gasteiger partial charge < -0.3 is 15.6 Å². The molecule has 2 unspecified atom stereocenters. The second-order valence-electron chi connectivity index (χ2n) is 4.18. The van der Waals surface area contributed by atoms with E-state index < -0.39 is 0 Å². The van der Waals surface area contributed by atoms with E-state index in [1.165, 1.54) is 18.4 Å². The molecule has 0 radical (unpaired) electrons. The summed E-state index contributed by atoms with van der Waals surface area (Å²) in [6, 6.07) is 2.65. The van der Waals surface area contributed by atoms with Gasteiger partial charge in [0.15, 0.2) is 0 Å². The van der Waals surface area contributed by atoms with Crippen molar-refractivity contribution in [2.45, 2.75) is 18.9 Å². The van der Waals surface area contributed by atoms with Gasteiger partial charge in [-0.3, -0.25) is 0 Å². The normalized spacial score (nSPS) is 27.9. The van der Waals surface area contributed by atoms with Crippen LogP contribution in [0.4, 0.5) is 0 Å². The summed E-state index contributed by atoms with van der Waals surface area (Å²) >= 11 is 0. The van der Waals surface area contributed by atoms with Crippen molar-refractivity contribution in [3.8, 4) is 0 Å². The molecule has 1 aromatic heterocycles. The summed E-state index contributed by atoms with van der Waals surface area (Å²) in [5.41, 5.74) is 7.17. The molecule has 2 rings (SSSR count). The van der Waals surface area contributed by atoms with Gasteiger partial charge in [-0.05, 0) is 43.5 Å². The second kappa shape index (κ2) is 4.15. The van der Waals surface area contributed by atoms with Crippen LogP contribution in [0.5, 0.6) is 0 Å². The van der Waals surface area contributed by atoms with Gasteiger partial charge in [0.05, 0.1) is 0 Å². The molecular weight excluding hydrogens is 174 g/mol. The first-order chi connectivity index (χ1) is 6.81. The van der Waals surface area contributed by atoms with Crippen LogP contribution in [0.1, 0.15) is 24.4 Å². The van der Waals surface area contributed by atoms with Crippen LogP contribution in [0.2, 0.25) is 0 Å². The Hall–Kier alpha value is -0.800. The third kappa shape index (κ3) is 1.83. The van der Waals surface area contributed by atoms with E-state index in [1.807, 2.05) is 0 Å². The predicted octanol–water partition coefficient (Wildman–Crippen LogP) is 1.02. The summed E-state index contributed by atoms with van der Waals surface area (Å²) in [6.45, 7) is 1.91. The molecule has 3 N–H and O–H groups in total. The molecule has 0 saturated carbocycles. The third-order valence-electron chi connectivity index (χ3n) is 3.10. The largest absolute Gasteiger partial charge is 0.357 e. The Morgan fingerprint density at radius 1 is 1.64 bits per heavy atom. The molecular formula is C11H19N3. The molecule has 2 heterocycles. The molecule has 3 nitrogen and oxygen atoms in total. The Labute approximate surface area is 85.3 Å². The summed E-state index contributed by atoms with van der Waals surface area (Å²) in [5, 5.41) is 3.56. The number of nitrogens with two attached hydrogens (primary N) is 1. The molecule has 1 aliphatic rings. The lowest BCUT2D eigenvalue weighted by atomic mass is 9.87. The molecule has 1 fully saturated rings. The number of hydrogen-bond donors (Lipinski definition) is 2. The van der Waals surface area contributed by atoms with Crippen molar-refractivity contribution in [2.24, 2.45) is 18.7 Å². The predicted molar refractivity (Wildman–Crippen MR) is 57.9 cm³/mol. The van der Waals surface area contributed by atoms with Crippen LogP contribution >= 0.6 is 0 Å². The highest BCUT2D eigenvalue weighted by Crippen LogP contribution is 2.28. The van der Waals surface area contributed by atoms with Gasteiger partial charge in [-0.25, -0.2) is 0 Å². The molecule has 78 valence electrons. The number of aromatic nitrogens is 1. The number of nitrogens with one attached hydrogen (secondary N) is 1. The van der Waals surface area contributed by atoms with E-state index in [9.17, 15) is 0 Å². The molecule has 1 aliphatic heterocycles. The van der Waals surface area contributed by atoms with Crippen LogP contribution in [0.25, 0.3) is 0 Å².